The van der Waals surface area contributed by atoms with Crippen molar-refractivity contribution in [1.82, 2.24) is 9.97 Å². The van der Waals surface area contributed by atoms with Crippen LogP contribution >= 0.6 is 0 Å². The molecule has 148 valence electrons. The maximum Gasteiger partial charge on any atom is 0.311 e. The average Bonchev–Trinajstić information content (AvgIpc) is 3.10. The van der Waals surface area contributed by atoms with Gasteiger partial charge in [-0.2, -0.15) is 0 Å². The molecular formula is C21H18FN3O4. The number of para-hydroxylation sites is 2. The van der Waals surface area contributed by atoms with Crippen LogP contribution in [0.2, 0.25) is 0 Å². The number of nitrogens with zero attached hydrogens (tertiary/aromatic N) is 2. The Labute approximate surface area is 165 Å². The molecule has 8 heteroatoms. The predicted octanol–water partition coefficient (Wildman–Crippen LogP) is 2.72. The number of hydrogen-bond acceptors (Lipinski definition) is 5. The molecule has 7 nitrogen and oxygen atoms in total. The van der Waals surface area contributed by atoms with Crippen LogP contribution in [-0.4, -0.2) is 28.4 Å². The summed E-state index contributed by atoms with van der Waals surface area (Å²) in [5.41, 5.74) is 0.313. The minimum Gasteiger partial charge on any atom is -0.454 e. The zero-order valence-electron chi connectivity index (χ0n) is 15.6. The maximum atomic E-state index is 14.0. The van der Waals surface area contributed by atoms with Gasteiger partial charge in [0.15, 0.2) is 11.9 Å². The molecule has 0 spiro atoms. The van der Waals surface area contributed by atoms with Gasteiger partial charge in [0, 0.05) is 13.0 Å². The number of hydrogen-bond donors (Lipinski definition) is 1. The van der Waals surface area contributed by atoms with Gasteiger partial charge in [0.25, 0.3) is 5.56 Å². The van der Waals surface area contributed by atoms with Crippen LogP contribution in [0.3, 0.4) is 0 Å². The summed E-state index contributed by atoms with van der Waals surface area (Å²) in [6.45, 7) is 1.63. The molecule has 1 aromatic heterocycles. The van der Waals surface area contributed by atoms with Crippen molar-refractivity contribution in [2.45, 2.75) is 19.4 Å². The molecule has 0 aliphatic carbocycles. The third kappa shape index (κ3) is 3.61. The molecule has 1 N–H and O–H groups in total. The Morgan fingerprint density at radius 2 is 1.93 bits per heavy atom. The minimum atomic E-state index is -0.808. The van der Waals surface area contributed by atoms with Gasteiger partial charge in [-0.25, -0.2) is 9.37 Å². The Morgan fingerprint density at radius 3 is 2.72 bits per heavy atom. The Kier molecular flexibility index (Phi) is 4.84. The highest BCUT2D eigenvalue weighted by atomic mass is 19.1. The highest BCUT2D eigenvalue weighted by molar-refractivity contribution is 5.99. The number of rotatable bonds is 4. The molecule has 2 atom stereocenters. The van der Waals surface area contributed by atoms with Gasteiger partial charge >= 0.3 is 5.97 Å². The summed E-state index contributed by atoms with van der Waals surface area (Å²) in [6.07, 6.45) is -0.876. The summed E-state index contributed by atoms with van der Waals surface area (Å²) in [7, 11) is 0. The highest BCUT2D eigenvalue weighted by Crippen LogP contribution is 2.29. The molecule has 29 heavy (non-hydrogen) atoms. The fourth-order valence-corrected chi connectivity index (χ4v) is 3.39. The highest BCUT2D eigenvalue weighted by Gasteiger charge is 2.37. The van der Waals surface area contributed by atoms with Crippen LogP contribution in [0.4, 0.5) is 10.1 Å². The Morgan fingerprint density at radius 1 is 1.21 bits per heavy atom. The van der Waals surface area contributed by atoms with Gasteiger partial charge in [-0.1, -0.05) is 24.3 Å². The van der Waals surface area contributed by atoms with Crippen molar-refractivity contribution in [2.24, 2.45) is 5.92 Å². The minimum absolute atomic E-state index is 0.0347. The van der Waals surface area contributed by atoms with Crippen molar-refractivity contribution >= 4 is 28.5 Å². The molecule has 1 aliphatic rings. The SMILES string of the molecule is C[C@@H](OC(=O)[C@@H]1CC(=O)N(c2ccccc2F)C1)c1nc2ccccc2c(=O)[nH]1. The van der Waals surface area contributed by atoms with E-state index in [2.05, 4.69) is 9.97 Å². The van der Waals surface area contributed by atoms with Crippen LogP contribution in [0.15, 0.2) is 53.3 Å². The number of esters is 1. The second-order valence-corrected chi connectivity index (χ2v) is 6.90. The van der Waals surface area contributed by atoms with Crippen molar-refractivity contribution < 1.29 is 18.7 Å². The van der Waals surface area contributed by atoms with Gasteiger partial charge in [0.2, 0.25) is 5.91 Å². The van der Waals surface area contributed by atoms with Crippen molar-refractivity contribution in [3.63, 3.8) is 0 Å². The van der Waals surface area contributed by atoms with Crippen LogP contribution in [0.25, 0.3) is 10.9 Å². The summed E-state index contributed by atoms with van der Waals surface area (Å²) in [4.78, 5) is 45.3. The fourth-order valence-electron chi connectivity index (χ4n) is 3.39. The lowest BCUT2D eigenvalue weighted by molar-refractivity contribution is -0.153. The molecular weight excluding hydrogens is 377 g/mol. The molecule has 0 saturated carbocycles. The van der Waals surface area contributed by atoms with Crippen molar-refractivity contribution in [3.05, 3.63) is 70.5 Å². The molecule has 1 fully saturated rings. The number of nitrogens with one attached hydrogen (secondary N) is 1. The zero-order valence-corrected chi connectivity index (χ0v) is 15.6. The van der Waals surface area contributed by atoms with Crippen LogP contribution in [0.5, 0.6) is 0 Å². The lowest BCUT2D eigenvalue weighted by Crippen LogP contribution is -2.27. The van der Waals surface area contributed by atoms with Gasteiger partial charge < -0.3 is 14.6 Å². The lowest BCUT2D eigenvalue weighted by Gasteiger charge is -2.18. The largest absolute Gasteiger partial charge is 0.454 e. The Hall–Kier alpha value is -3.55. The van der Waals surface area contributed by atoms with Crippen molar-refractivity contribution in [1.29, 1.82) is 0 Å². The number of amides is 1. The standard InChI is InChI=1S/C21H18FN3O4/c1-12(19-23-16-8-4-2-6-14(16)20(27)24-19)29-21(28)13-10-18(26)25(11-13)17-9-5-3-7-15(17)22/h2-9,12-13H,10-11H2,1H3,(H,23,24,27)/t12-,13-/m1/s1. The molecule has 0 radical (unpaired) electrons. The Bertz CT molecular complexity index is 1160. The zero-order chi connectivity index (χ0) is 20.5. The summed E-state index contributed by atoms with van der Waals surface area (Å²) in [6, 6.07) is 12.8. The molecule has 3 aromatic rings. The van der Waals surface area contributed by atoms with E-state index in [0.29, 0.717) is 10.9 Å². The third-order valence-electron chi connectivity index (χ3n) is 4.91. The number of H-pyrrole nitrogens is 1. The summed E-state index contributed by atoms with van der Waals surface area (Å²) in [5, 5.41) is 0.441. The van der Waals surface area contributed by atoms with E-state index < -0.39 is 23.8 Å². The number of aromatic amines is 1. The van der Waals surface area contributed by atoms with Crippen LogP contribution < -0.4 is 10.5 Å². The third-order valence-corrected chi connectivity index (χ3v) is 4.91. The van der Waals surface area contributed by atoms with E-state index in [1.54, 1.807) is 37.3 Å². The summed E-state index contributed by atoms with van der Waals surface area (Å²) < 4.78 is 19.4. The van der Waals surface area contributed by atoms with E-state index in [0.717, 1.165) is 0 Å². The van der Waals surface area contributed by atoms with Gasteiger partial charge in [0.1, 0.15) is 5.82 Å². The second-order valence-electron chi connectivity index (χ2n) is 6.90. The monoisotopic (exact) mass is 395 g/mol. The topological polar surface area (TPSA) is 92.4 Å². The van der Waals surface area contributed by atoms with E-state index >= 15 is 0 Å². The summed E-state index contributed by atoms with van der Waals surface area (Å²) in [5.74, 6) is -1.97. The quantitative estimate of drug-likeness (QED) is 0.686. The molecule has 4 rings (SSSR count). The number of fused-ring (bicyclic) bond motifs is 1. The number of aromatic nitrogens is 2. The van der Waals surface area contributed by atoms with E-state index in [-0.39, 0.29) is 35.9 Å². The first-order valence-electron chi connectivity index (χ1n) is 9.18. The number of benzene rings is 2. The van der Waals surface area contributed by atoms with Gasteiger partial charge in [0.05, 0.1) is 22.5 Å². The van der Waals surface area contributed by atoms with Crippen LogP contribution in [0.1, 0.15) is 25.3 Å². The van der Waals surface area contributed by atoms with E-state index in [1.807, 2.05) is 0 Å². The Balaban J connectivity index is 1.49. The normalized spacial score (nSPS) is 17.5. The number of carbonyl (C=O) groups excluding carboxylic acids is 2. The smallest absolute Gasteiger partial charge is 0.311 e. The van der Waals surface area contributed by atoms with Gasteiger partial charge in [-0.15, -0.1) is 0 Å². The number of halogens is 1. The van der Waals surface area contributed by atoms with Crippen LogP contribution in [-0.2, 0) is 14.3 Å². The first-order chi connectivity index (χ1) is 13.9. The number of ether oxygens (including phenoxy) is 1. The average molecular weight is 395 g/mol. The second kappa shape index (κ2) is 7.46. The lowest BCUT2D eigenvalue weighted by atomic mass is 10.1. The van der Waals surface area contributed by atoms with Crippen molar-refractivity contribution in [3.8, 4) is 0 Å². The maximum absolute atomic E-state index is 14.0. The first-order valence-corrected chi connectivity index (χ1v) is 9.18. The molecule has 2 heterocycles. The summed E-state index contributed by atoms with van der Waals surface area (Å²) >= 11 is 0. The molecule has 1 aliphatic heterocycles. The number of carbonyl (C=O) groups is 2. The van der Waals surface area contributed by atoms with E-state index in [9.17, 15) is 18.8 Å². The molecule has 0 unspecified atom stereocenters. The van der Waals surface area contributed by atoms with Gasteiger partial charge in [-0.3, -0.25) is 14.4 Å². The number of anilines is 1. The van der Waals surface area contributed by atoms with E-state index in [4.69, 9.17) is 4.74 Å². The van der Waals surface area contributed by atoms with E-state index in [1.165, 1.54) is 23.1 Å². The molecule has 0 bridgehead atoms. The first kappa shape index (κ1) is 18.8. The van der Waals surface area contributed by atoms with Crippen molar-refractivity contribution in [2.75, 3.05) is 11.4 Å². The predicted molar refractivity (Wildman–Crippen MR) is 104 cm³/mol. The fraction of sp³-hybridized carbons (Fsp3) is 0.238. The van der Waals surface area contributed by atoms with Gasteiger partial charge in [-0.05, 0) is 31.2 Å². The van der Waals surface area contributed by atoms with Crippen LogP contribution in [0, 0.1) is 11.7 Å². The molecule has 1 saturated heterocycles. The molecule has 1 amide bonds. The molecule has 2 aromatic carbocycles.